The Kier molecular flexibility index (Phi) is 5.39. The summed E-state index contributed by atoms with van der Waals surface area (Å²) in [5.41, 5.74) is -0.316. The summed E-state index contributed by atoms with van der Waals surface area (Å²) < 4.78 is 0. The summed E-state index contributed by atoms with van der Waals surface area (Å²) >= 11 is 0. The molecule has 0 saturated carbocycles. The Morgan fingerprint density at radius 1 is 1.32 bits per heavy atom. The second-order valence-corrected chi connectivity index (χ2v) is 6.91. The number of amides is 2. The molecule has 0 aromatic heterocycles. The Bertz CT molecular complexity index is 332. The molecule has 1 aliphatic rings. The number of likely N-dealkylation sites (tertiary alicyclic amines) is 1. The molecule has 2 amide bonds. The summed E-state index contributed by atoms with van der Waals surface area (Å²) in [7, 11) is 0. The zero-order chi connectivity index (χ0) is 14.6. The Morgan fingerprint density at radius 3 is 2.47 bits per heavy atom. The number of carbonyl (C=O) groups excluding carboxylic acids is 2. The Labute approximate surface area is 116 Å². The van der Waals surface area contributed by atoms with Crippen LogP contribution in [0.1, 0.15) is 47.5 Å². The van der Waals surface area contributed by atoms with Gasteiger partial charge >= 0.3 is 0 Å². The van der Waals surface area contributed by atoms with Crippen molar-refractivity contribution in [2.24, 2.45) is 17.3 Å². The van der Waals surface area contributed by atoms with Crippen LogP contribution in [0.25, 0.3) is 0 Å². The van der Waals surface area contributed by atoms with E-state index < -0.39 is 0 Å². The van der Waals surface area contributed by atoms with Gasteiger partial charge in [0.1, 0.15) is 0 Å². The van der Waals surface area contributed by atoms with Crippen LogP contribution in [-0.4, -0.2) is 36.3 Å². The molecule has 1 fully saturated rings. The molecule has 4 nitrogen and oxygen atoms in total. The molecule has 19 heavy (non-hydrogen) atoms. The number of piperidine rings is 1. The summed E-state index contributed by atoms with van der Waals surface area (Å²) in [5.74, 6) is 0.727. The molecule has 0 unspecified atom stereocenters. The van der Waals surface area contributed by atoms with Gasteiger partial charge in [0.05, 0.1) is 0 Å². The van der Waals surface area contributed by atoms with Gasteiger partial charge in [-0.05, 0) is 18.8 Å². The van der Waals surface area contributed by atoms with Gasteiger partial charge in [0, 0.05) is 31.0 Å². The molecule has 4 heteroatoms. The lowest BCUT2D eigenvalue weighted by Crippen LogP contribution is -2.47. The molecule has 110 valence electrons. The van der Waals surface area contributed by atoms with E-state index in [1.54, 1.807) is 0 Å². The third-order valence-corrected chi connectivity index (χ3v) is 3.54. The summed E-state index contributed by atoms with van der Waals surface area (Å²) in [4.78, 5) is 25.8. The molecule has 0 aromatic carbocycles. The molecule has 0 aliphatic carbocycles. The maximum atomic E-state index is 12.3. The lowest BCUT2D eigenvalue weighted by atomic mass is 9.91. The zero-order valence-corrected chi connectivity index (χ0v) is 13.0. The van der Waals surface area contributed by atoms with Crippen LogP contribution in [0.3, 0.4) is 0 Å². The van der Waals surface area contributed by atoms with Crippen LogP contribution in [-0.2, 0) is 9.59 Å². The van der Waals surface area contributed by atoms with E-state index in [0.29, 0.717) is 12.5 Å². The van der Waals surface area contributed by atoms with E-state index in [-0.39, 0.29) is 23.1 Å². The molecule has 0 spiro atoms. The highest BCUT2D eigenvalue weighted by Crippen LogP contribution is 2.23. The number of rotatable bonds is 3. The number of hydrogen-bond donors (Lipinski definition) is 1. The van der Waals surface area contributed by atoms with Crippen molar-refractivity contribution < 1.29 is 9.59 Å². The third kappa shape index (κ3) is 4.84. The predicted molar refractivity (Wildman–Crippen MR) is 76.6 cm³/mol. The quantitative estimate of drug-likeness (QED) is 0.851. The fourth-order valence-corrected chi connectivity index (χ4v) is 2.34. The molecule has 1 heterocycles. The monoisotopic (exact) mass is 268 g/mol. The maximum Gasteiger partial charge on any atom is 0.227 e. The Morgan fingerprint density at radius 2 is 1.95 bits per heavy atom. The number of hydrogen-bond acceptors (Lipinski definition) is 2. The van der Waals surface area contributed by atoms with Crippen molar-refractivity contribution in [3.8, 4) is 0 Å². The van der Waals surface area contributed by atoms with E-state index in [4.69, 9.17) is 0 Å². The Balaban J connectivity index is 2.47. The van der Waals surface area contributed by atoms with Crippen molar-refractivity contribution in [1.29, 1.82) is 0 Å². The topological polar surface area (TPSA) is 49.4 Å². The lowest BCUT2D eigenvalue weighted by molar-refractivity contribution is -0.141. The maximum absolute atomic E-state index is 12.3. The number of nitrogens with one attached hydrogen (secondary N) is 1. The van der Waals surface area contributed by atoms with Gasteiger partial charge in [-0.25, -0.2) is 0 Å². The Hall–Kier alpha value is -1.06. The van der Waals surface area contributed by atoms with Gasteiger partial charge in [0.2, 0.25) is 11.8 Å². The van der Waals surface area contributed by atoms with Gasteiger partial charge in [0.15, 0.2) is 0 Å². The van der Waals surface area contributed by atoms with E-state index in [1.165, 1.54) is 0 Å². The SMILES string of the molecule is CC(C)C(=O)NC[C@@H]1CCCN(C(=O)C(C)(C)C)C1. The average Bonchev–Trinajstić information content (AvgIpc) is 2.34. The van der Waals surface area contributed by atoms with Crippen LogP contribution in [0.2, 0.25) is 0 Å². The highest BCUT2D eigenvalue weighted by Gasteiger charge is 2.31. The molecule has 0 aromatic rings. The van der Waals surface area contributed by atoms with E-state index in [2.05, 4.69) is 5.32 Å². The largest absolute Gasteiger partial charge is 0.356 e. The zero-order valence-electron chi connectivity index (χ0n) is 13.0. The second-order valence-electron chi connectivity index (χ2n) is 6.91. The first-order valence-corrected chi connectivity index (χ1v) is 7.29. The normalized spacial score (nSPS) is 20.5. The third-order valence-electron chi connectivity index (χ3n) is 3.54. The molecule has 1 aliphatic heterocycles. The molecule has 1 N–H and O–H groups in total. The fraction of sp³-hybridized carbons (Fsp3) is 0.867. The van der Waals surface area contributed by atoms with E-state index >= 15 is 0 Å². The van der Waals surface area contributed by atoms with Crippen molar-refractivity contribution in [3.63, 3.8) is 0 Å². The van der Waals surface area contributed by atoms with Crippen molar-refractivity contribution in [2.45, 2.75) is 47.5 Å². The average molecular weight is 268 g/mol. The first kappa shape index (κ1) is 16.0. The number of carbonyl (C=O) groups is 2. The first-order chi connectivity index (χ1) is 8.71. The van der Waals surface area contributed by atoms with E-state index in [0.717, 1.165) is 25.9 Å². The van der Waals surface area contributed by atoms with Gasteiger partial charge in [-0.3, -0.25) is 9.59 Å². The minimum atomic E-state index is -0.316. The molecule has 1 atom stereocenters. The van der Waals surface area contributed by atoms with Gasteiger partial charge in [-0.1, -0.05) is 34.6 Å². The predicted octanol–water partition coefficient (Wildman–Crippen LogP) is 2.04. The second kappa shape index (κ2) is 6.40. The summed E-state index contributed by atoms with van der Waals surface area (Å²) in [6, 6.07) is 0. The van der Waals surface area contributed by atoms with E-state index in [1.807, 2.05) is 39.5 Å². The minimum absolute atomic E-state index is 0.0240. The summed E-state index contributed by atoms with van der Waals surface area (Å²) in [6.07, 6.45) is 2.12. The molecular formula is C15H28N2O2. The summed E-state index contributed by atoms with van der Waals surface area (Å²) in [6.45, 7) is 12.0. The van der Waals surface area contributed by atoms with Crippen molar-refractivity contribution in [1.82, 2.24) is 10.2 Å². The molecule has 1 saturated heterocycles. The van der Waals surface area contributed by atoms with Crippen LogP contribution in [0, 0.1) is 17.3 Å². The van der Waals surface area contributed by atoms with Crippen molar-refractivity contribution in [2.75, 3.05) is 19.6 Å². The molecular weight excluding hydrogens is 240 g/mol. The standard InChI is InChI=1S/C15H28N2O2/c1-11(2)13(18)16-9-12-7-6-8-17(10-12)14(19)15(3,4)5/h11-12H,6-10H2,1-5H3,(H,16,18)/t12-/m0/s1. The van der Waals surface area contributed by atoms with Crippen molar-refractivity contribution in [3.05, 3.63) is 0 Å². The first-order valence-electron chi connectivity index (χ1n) is 7.29. The van der Waals surface area contributed by atoms with Gasteiger partial charge in [-0.2, -0.15) is 0 Å². The van der Waals surface area contributed by atoms with Crippen LogP contribution in [0.4, 0.5) is 0 Å². The van der Waals surface area contributed by atoms with E-state index in [9.17, 15) is 9.59 Å². The smallest absolute Gasteiger partial charge is 0.227 e. The van der Waals surface area contributed by atoms with Gasteiger partial charge in [-0.15, -0.1) is 0 Å². The van der Waals surface area contributed by atoms with Gasteiger partial charge in [0.25, 0.3) is 0 Å². The summed E-state index contributed by atoms with van der Waals surface area (Å²) in [5, 5.41) is 2.97. The minimum Gasteiger partial charge on any atom is -0.356 e. The molecule has 0 radical (unpaired) electrons. The fourth-order valence-electron chi connectivity index (χ4n) is 2.34. The van der Waals surface area contributed by atoms with Crippen LogP contribution in [0.15, 0.2) is 0 Å². The van der Waals surface area contributed by atoms with Crippen LogP contribution in [0.5, 0.6) is 0 Å². The molecule has 1 rings (SSSR count). The van der Waals surface area contributed by atoms with Crippen molar-refractivity contribution >= 4 is 11.8 Å². The van der Waals surface area contributed by atoms with Crippen LogP contribution >= 0.6 is 0 Å². The van der Waals surface area contributed by atoms with Crippen LogP contribution < -0.4 is 5.32 Å². The van der Waals surface area contributed by atoms with Gasteiger partial charge < -0.3 is 10.2 Å². The highest BCUT2D eigenvalue weighted by atomic mass is 16.2. The lowest BCUT2D eigenvalue weighted by Gasteiger charge is -2.36. The number of nitrogens with zero attached hydrogens (tertiary/aromatic N) is 1. The molecule has 0 bridgehead atoms. The highest BCUT2D eigenvalue weighted by molar-refractivity contribution is 5.81.